The zero-order valence-electron chi connectivity index (χ0n) is 13.0. The highest BCUT2D eigenvalue weighted by Gasteiger charge is 2.55. The third kappa shape index (κ3) is 2.98. The van der Waals surface area contributed by atoms with Crippen LogP contribution in [0.25, 0.3) is 0 Å². The summed E-state index contributed by atoms with van der Waals surface area (Å²) in [5, 5.41) is 4.99. The Kier molecular flexibility index (Phi) is 4.29. The van der Waals surface area contributed by atoms with Crippen molar-refractivity contribution in [2.75, 3.05) is 6.54 Å². The summed E-state index contributed by atoms with van der Waals surface area (Å²) in [6.45, 7) is 5.48. The zero-order chi connectivity index (χ0) is 15.1. The van der Waals surface area contributed by atoms with E-state index in [1.165, 1.54) is 44.1 Å². The standard InChI is InChI=1S/C18H25Cl2N/c1-13(2)21-12-18(10-17(11-18)7-3-4-8-17)14-5-6-15(19)16(20)9-14/h5-6,9,13,21H,3-4,7-8,10-12H2,1-2H3. The van der Waals surface area contributed by atoms with Gasteiger partial charge < -0.3 is 5.32 Å². The third-order valence-corrected chi connectivity index (χ3v) is 6.21. The van der Waals surface area contributed by atoms with Gasteiger partial charge in [0.05, 0.1) is 10.0 Å². The molecule has 0 aliphatic heterocycles. The molecule has 0 bridgehead atoms. The van der Waals surface area contributed by atoms with Gasteiger partial charge in [0, 0.05) is 18.0 Å². The summed E-state index contributed by atoms with van der Waals surface area (Å²) in [6, 6.07) is 6.74. The van der Waals surface area contributed by atoms with Gasteiger partial charge in [0.15, 0.2) is 0 Å². The highest BCUT2D eigenvalue weighted by molar-refractivity contribution is 6.42. The summed E-state index contributed by atoms with van der Waals surface area (Å²) in [4.78, 5) is 0. The molecule has 1 nitrogen and oxygen atoms in total. The quantitative estimate of drug-likeness (QED) is 0.761. The first-order valence-electron chi connectivity index (χ1n) is 8.14. The Balaban J connectivity index is 1.84. The van der Waals surface area contributed by atoms with Crippen LogP contribution in [0.5, 0.6) is 0 Å². The average Bonchev–Trinajstić information content (AvgIpc) is 2.87. The van der Waals surface area contributed by atoms with Gasteiger partial charge in [-0.2, -0.15) is 0 Å². The molecule has 0 unspecified atom stereocenters. The van der Waals surface area contributed by atoms with E-state index in [2.05, 4.69) is 31.3 Å². The predicted octanol–water partition coefficient (Wildman–Crippen LogP) is 5.58. The molecule has 21 heavy (non-hydrogen) atoms. The number of nitrogens with one attached hydrogen (secondary N) is 1. The summed E-state index contributed by atoms with van der Waals surface area (Å²) in [5.41, 5.74) is 2.23. The number of hydrogen-bond acceptors (Lipinski definition) is 1. The lowest BCUT2D eigenvalue weighted by Gasteiger charge is -2.56. The van der Waals surface area contributed by atoms with E-state index in [1.54, 1.807) is 0 Å². The highest BCUT2D eigenvalue weighted by atomic mass is 35.5. The monoisotopic (exact) mass is 325 g/mol. The Bertz CT molecular complexity index is 510. The first-order valence-corrected chi connectivity index (χ1v) is 8.89. The lowest BCUT2D eigenvalue weighted by Crippen LogP contribution is -2.54. The van der Waals surface area contributed by atoms with Crippen LogP contribution in [0.4, 0.5) is 0 Å². The van der Waals surface area contributed by atoms with Crippen LogP contribution in [-0.4, -0.2) is 12.6 Å². The highest BCUT2D eigenvalue weighted by Crippen LogP contribution is 2.63. The molecule has 1 aromatic carbocycles. The Morgan fingerprint density at radius 3 is 2.33 bits per heavy atom. The summed E-state index contributed by atoms with van der Waals surface area (Å²) in [7, 11) is 0. The second-order valence-electron chi connectivity index (χ2n) is 7.51. The van der Waals surface area contributed by atoms with Crippen LogP contribution in [0.1, 0.15) is 57.9 Å². The number of hydrogen-bond donors (Lipinski definition) is 1. The molecule has 0 atom stereocenters. The van der Waals surface area contributed by atoms with Crippen molar-refractivity contribution in [3.8, 4) is 0 Å². The molecule has 0 radical (unpaired) electrons. The maximum atomic E-state index is 6.26. The molecule has 2 saturated carbocycles. The molecule has 1 aromatic rings. The summed E-state index contributed by atoms with van der Waals surface area (Å²) in [6.07, 6.45) is 8.26. The number of rotatable bonds is 4. The number of benzene rings is 1. The summed E-state index contributed by atoms with van der Waals surface area (Å²) < 4.78 is 0. The van der Waals surface area contributed by atoms with E-state index >= 15 is 0 Å². The van der Waals surface area contributed by atoms with E-state index in [0.29, 0.717) is 21.5 Å². The van der Waals surface area contributed by atoms with Crippen LogP contribution in [0, 0.1) is 5.41 Å². The van der Waals surface area contributed by atoms with Gasteiger partial charge in [-0.05, 0) is 48.8 Å². The van der Waals surface area contributed by atoms with E-state index in [1.807, 2.05) is 6.07 Å². The fourth-order valence-corrected chi connectivity index (χ4v) is 4.82. The molecule has 0 amide bonds. The zero-order valence-corrected chi connectivity index (χ0v) is 14.5. The lowest BCUT2D eigenvalue weighted by molar-refractivity contribution is 0.0258. The fraction of sp³-hybridized carbons (Fsp3) is 0.667. The minimum absolute atomic E-state index is 0.253. The van der Waals surface area contributed by atoms with Crippen molar-refractivity contribution >= 4 is 23.2 Å². The first-order chi connectivity index (χ1) is 9.95. The minimum Gasteiger partial charge on any atom is -0.314 e. The van der Waals surface area contributed by atoms with E-state index in [9.17, 15) is 0 Å². The van der Waals surface area contributed by atoms with Crippen molar-refractivity contribution in [1.82, 2.24) is 5.32 Å². The Hall–Kier alpha value is -0.240. The van der Waals surface area contributed by atoms with Crippen molar-refractivity contribution in [1.29, 1.82) is 0 Å². The van der Waals surface area contributed by atoms with Gasteiger partial charge in [-0.25, -0.2) is 0 Å². The molecule has 116 valence electrons. The van der Waals surface area contributed by atoms with Gasteiger partial charge in [-0.15, -0.1) is 0 Å². The molecule has 2 fully saturated rings. The Labute approximate surface area is 138 Å². The maximum Gasteiger partial charge on any atom is 0.0595 e. The third-order valence-electron chi connectivity index (χ3n) is 5.47. The van der Waals surface area contributed by atoms with Crippen LogP contribution >= 0.6 is 23.2 Å². The topological polar surface area (TPSA) is 12.0 Å². The molecule has 0 heterocycles. The Morgan fingerprint density at radius 1 is 1.10 bits per heavy atom. The van der Waals surface area contributed by atoms with Gasteiger partial charge in [-0.1, -0.05) is 56.0 Å². The fourth-order valence-electron chi connectivity index (χ4n) is 4.52. The van der Waals surface area contributed by atoms with Crippen LogP contribution in [-0.2, 0) is 5.41 Å². The van der Waals surface area contributed by atoms with Crippen molar-refractivity contribution in [2.45, 2.75) is 63.8 Å². The lowest BCUT2D eigenvalue weighted by atomic mass is 9.49. The maximum absolute atomic E-state index is 6.26. The predicted molar refractivity (Wildman–Crippen MR) is 91.4 cm³/mol. The molecular weight excluding hydrogens is 301 g/mol. The van der Waals surface area contributed by atoms with Crippen LogP contribution < -0.4 is 5.32 Å². The van der Waals surface area contributed by atoms with Crippen LogP contribution in [0.3, 0.4) is 0 Å². The van der Waals surface area contributed by atoms with Gasteiger partial charge in [-0.3, -0.25) is 0 Å². The first kappa shape index (κ1) is 15.6. The molecule has 0 aromatic heterocycles. The molecule has 2 aliphatic carbocycles. The normalized spacial score (nSPS) is 22.7. The molecule has 3 rings (SSSR count). The largest absolute Gasteiger partial charge is 0.314 e. The van der Waals surface area contributed by atoms with Gasteiger partial charge >= 0.3 is 0 Å². The average molecular weight is 326 g/mol. The van der Waals surface area contributed by atoms with Crippen molar-refractivity contribution in [3.63, 3.8) is 0 Å². The van der Waals surface area contributed by atoms with E-state index in [-0.39, 0.29) is 5.41 Å². The van der Waals surface area contributed by atoms with Crippen LogP contribution in [0.15, 0.2) is 18.2 Å². The van der Waals surface area contributed by atoms with Gasteiger partial charge in [0.2, 0.25) is 0 Å². The van der Waals surface area contributed by atoms with E-state index < -0.39 is 0 Å². The van der Waals surface area contributed by atoms with Crippen LogP contribution in [0.2, 0.25) is 10.0 Å². The van der Waals surface area contributed by atoms with E-state index in [0.717, 1.165) is 6.54 Å². The molecule has 3 heteroatoms. The van der Waals surface area contributed by atoms with Crippen molar-refractivity contribution in [2.24, 2.45) is 5.41 Å². The van der Waals surface area contributed by atoms with E-state index in [4.69, 9.17) is 23.2 Å². The molecule has 0 saturated heterocycles. The molecular formula is C18H25Cl2N. The Morgan fingerprint density at radius 2 is 1.76 bits per heavy atom. The number of halogens is 2. The summed E-state index contributed by atoms with van der Waals surface area (Å²) in [5.74, 6) is 0. The second-order valence-corrected chi connectivity index (χ2v) is 8.32. The second kappa shape index (κ2) is 5.76. The molecule has 2 aliphatic rings. The smallest absolute Gasteiger partial charge is 0.0595 e. The van der Waals surface area contributed by atoms with Crippen molar-refractivity contribution in [3.05, 3.63) is 33.8 Å². The SMILES string of the molecule is CC(C)NCC1(c2ccc(Cl)c(Cl)c2)CC2(CCCC2)C1. The summed E-state index contributed by atoms with van der Waals surface area (Å²) >= 11 is 12.4. The van der Waals surface area contributed by atoms with Gasteiger partial charge in [0.25, 0.3) is 0 Å². The van der Waals surface area contributed by atoms with Crippen molar-refractivity contribution < 1.29 is 0 Å². The minimum atomic E-state index is 0.253. The molecule has 1 N–H and O–H groups in total. The molecule has 1 spiro atoms. The van der Waals surface area contributed by atoms with Gasteiger partial charge in [0.1, 0.15) is 0 Å².